The molecule has 0 atom stereocenters. The van der Waals surface area contributed by atoms with E-state index in [9.17, 15) is 28.0 Å². The second kappa shape index (κ2) is 9.71. The van der Waals surface area contributed by atoms with E-state index in [1.165, 1.54) is 23.0 Å². The van der Waals surface area contributed by atoms with Gasteiger partial charge in [0.05, 0.1) is 18.4 Å². The minimum absolute atomic E-state index is 0.0129. The summed E-state index contributed by atoms with van der Waals surface area (Å²) in [5.41, 5.74) is 0.826. The number of aromatic nitrogens is 5. The van der Waals surface area contributed by atoms with Crippen LogP contribution in [0.4, 0.5) is 30.5 Å². The zero-order valence-corrected chi connectivity index (χ0v) is 18.5. The van der Waals surface area contributed by atoms with Crippen LogP contribution in [0.3, 0.4) is 0 Å². The third-order valence-electron chi connectivity index (χ3n) is 4.90. The summed E-state index contributed by atoms with van der Waals surface area (Å²) in [6.45, 7) is 2.17. The quantitative estimate of drug-likeness (QED) is 0.377. The number of nitrogens with zero attached hydrogens (tertiary/aromatic N) is 6. The lowest BCUT2D eigenvalue weighted by Crippen LogP contribution is -2.24. The molecule has 0 bridgehead atoms. The molecular weight excluding hydrogens is 477 g/mol. The maximum absolute atomic E-state index is 13.0. The van der Waals surface area contributed by atoms with Gasteiger partial charge < -0.3 is 10.6 Å². The normalized spacial score (nSPS) is 11.2. The van der Waals surface area contributed by atoms with Gasteiger partial charge in [-0.2, -0.15) is 28.5 Å². The number of hydrogen-bond donors (Lipinski definition) is 2. The van der Waals surface area contributed by atoms with Gasteiger partial charge in [0, 0.05) is 23.5 Å². The van der Waals surface area contributed by atoms with E-state index in [2.05, 4.69) is 32.3 Å². The molecule has 1 aromatic carbocycles. The van der Waals surface area contributed by atoms with E-state index >= 15 is 0 Å². The van der Waals surface area contributed by atoms with Gasteiger partial charge in [-0.1, -0.05) is 18.7 Å². The Labute approximate surface area is 201 Å². The first-order chi connectivity index (χ1) is 17.1. The first-order valence-electron chi connectivity index (χ1n) is 10.3. The van der Waals surface area contributed by atoms with Crippen molar-refractivity contribution in [3.8, 4) is 6.07 Å². The van der Waals surface area contributed by atoms with Gasteiger partial charge >= 0.3 is 6.18 Å². The fourth-order valence-corrected chi connectivity index (χ4v) is 3.40. The Morgan fingerprint density at radius 2 is 2.03 bits per heavy atom. The Morgan fingerprint density at radius 3 is 2.75 bits per heavy atom. The van der Waals surface area contributed by atoms with Crippen LogP contribution in [0.25, 0.3) is 11.0 Å². The number of carbonyl (C=O) groups excluding carboxylic acids is 1. The number of benzene rings is 1. The zero-order chi connectivity index (χ0) is 25.9. The molecule has 0 aliphatic rings. The van der Waals surface area contributed by atoms with Gasteiger partial charge in [0.2, 0.25) is 11.9 Å². The molecule has 0 spiro atoms. The van der Waals surface area contributed by atoms with Crippen molar-refractivity contribution in [1.29, 1.82) is 5.26 Å². The molecule has 4 rings (SSSR count). The summed E-state index contributed by atoms with van der Waals surface area (Å²) in [6, 6.07) is 9.97. The fourth-order valence-electron chi connectivity index (χ4n) is 3.40. The van der Waals surface area contributed by atoms with Crippen LogP contribution in [0.2, 0.25) is 0 Å². The molecule has 3 aromatic heterocycles. The van der Waals surface area contributed by atoms with Gasteiger partial charge in [0.15, 0.2) is 0 Å². The van der Waals surface area contributed by atoms with E-state index < -0.39 is 24.2 Å². The summed E-state index contributed by atoms with van der Waals surface area (Å²) in [7, 11) is 0. The monoisotopic (exact) mass is 494 g/mol. The van der Waals surface area contributed by atoms with E-state index in [4.69, 9.17) is 0 Å². The molecule has 0 fully saturated rings. The van der Waals surface area contributed by atoms with Crippen molar-refractivity contribution >= 4 is 34.3 Å². The number of nitrogens with one attached hydrogen (secondary N) is 2. The Bertz CT molecular complexity index is 1570. The molecule has 0 aliphatic heterocycles. The van der Waals surface area contributed by atoms with Crippen molar-refractivity contribution in [3.63, 3.8) is 0 Å². The summed E-state index contributed by atoms with van der Waals surface area (Å²) in [5, 5.41) is 18.9. The minimum atomic E-state index is -4.43. The van der Waals surface area contributed by atoms with E-state index in [-0.39, 0.29) is 29.4 Å². The number of anilines is 3. The molecular formula is C23H17F3N8O2. The minimum Gasteiger partial charge on any atom is -0.323 e. The van der Waals surface area contributed by atoms with Crippen molar-refractivity contribution in [1.82, 2.24) is 24.3 Å². The Kier molecular flexibility index (Phi) is 6.51. The van der Waals surface area contributed by atoms with Gasteiger partial charge in [-0.15, -0.1) is 0 Å². The molecule has 2 N–H and O–H groups in total. The number of hydrogen-bond acceptors (Lipinski definition) is 7. The van der Waals surface area contributed by atoms with Crippen LogP contribution in [0.15, 0.2) is 66.4 Å². The second-order valence-electron chi connectivity index (χ2n) is 7.59. The largest absolute Gasteiger partial charge is 0.408 e. The van der Waals surface area contributed by atoms with E-state index in [0.717, 1.165) is 17.0 Å². The third kappa shape index (κ3) is 5.55. The summed E-state index contributed by atoms with van der Waals surface area (Å²) in [5.74, 6) is -0.387. The smallest absolute Gasteiger partial charge is 0.323 e. The third-order valence-corrected chi connectivity index (χ3v) is 4.90. The molecule has 0 saturated heterocycles. The molecule has 1 amide bonds. The summed E-state index contributed by atoms with van der Waals surface area (Å²) in [4.78, 5) is 33.1. The lowest BCUT2D eigenvalue weighted by Gasteiger charge is -2.12. The lowest BCUT2D eigenvalue weighted by molar-refractivity contribution is -0.142. The average Bonchev–Trinajstić information content (AvgIpc) is 3.25. The predicted octanol–water partition coefficient (Wildman–Crippen LogP) is 3.34. The van der Waals surface area contributed by atoms with Crippen LogP contribution in [0.1, 0.15) is 11.1 Å². The van der Waals surface area contributed by atoms with Crippen LogP contribution < -0.4 is 16.2 Å². The lowest BCUT2D eigenvalue weighted by atomic mass is 10.1. The summed E-state index contributed by atoms with van der Waals surface area (Å²) < 4.78 is 39.8. The summed E-state index contributed by atoms with van der Waals surface area (Å²) in [6.07, 6.45) is 0.425. The highest BCUT2D eigenvalue weighted by Crippen LogP contribution is 2.21. The number of carbonyl (C=O) groups is 1. The molecule has 0 radical (unpaired) electrons. The first-order valence-corrected chi connectivity index (χ1v) is 10.3. The van der Waals surface area contributed by atoms with Gasteiger partial charge in [0.1, 0.15) is 23.8 Å². The molecule has 3 heterocycles. The molecule has 10 nitrogen and oxygen atoms in total. The highest BCUT2D eigenvalue weighted by atomic mass is 19.4. The Morgan fingerprint density at radius 1 is 1.22 bits per heavy atom. The van der Waals surface area contributed by atoms with Gasteiger partial charge in [-0.05, 0) is 29.8 Å². The average molecular weight is 494 g/mol. The molecule has 4 aromatic rings. The van der Waals surface area contributed by atoms with Crippen LogP contribution in [0, 0.1) is 11.3 Å². The maximum Gasteiger partial charge on any atom is 0.408 e. The molecule has 13 heteroatoms. The van der Waals surface area contributed by atoms with Crippen LogP contribution in [0.5, 0.6) is 0 Å². The SMILES string of the molecule is C=CC(=O)Nc1cccc(Cn2c(=O)c(C#N)cc3cnc(Nc4cnn(CC(F)(F)F)c4)nc32)c1. The van der Waals surface area contributed by atoms with Crippen molar-refractivity contribution in [3.05, 3.63) is 83.1 Å². The van der Waals surface area contributed by atoms with Crippen molar-refractivity contribution in [2.45, 2.75) is 19.3 Å². The van der Waals surface area contributed by atoms with Gasteiger partial charge in [-0.3, -0.25) is 18.8 Å². The van der Waals surface area contributed by atoms with Crippen LogP contribution >= 0.6 is 0 Å². The standard InChI is InChI=1S/C23H17F3N8O2/c1-2-19(35)30-17-5-3-4-14(6-17)11-34-20-16(7-15(8-27)21(34)36)9-28-22(32-20)31-18-10-29-33(12-18)13-23(24,25)26/h2-7,9-10,12H,1,11,13H2,(H,30,35)(H,28,31,32). The van der Waals surface area contributed by atoms with E-state index in [1.54, 1.807) is 24.3 Å². The fraction of sp³-hybridized carbons (Fsp3) is 0.130. The summed E-state index contributed by atoms with van der Waals surface area (Å²) >= 11 is 0. The van der Waals surface area contributed by atoms with E-state index in [1.807, 2.05) is 6.07 Å². The highest BCUT2D eigenvalue weighted by Gasteiger charge is 2.28. The number of amides is 1. The molecule has 0 unspecified atom stereocenters. The highest BCUT2D eigenvalue weighted by molar-refractivity contribution is 5.98. The Balaban J connectivity index is 1.70. The topological polar surface area (TPSA) is 131 Å². The van der Waals surface area contributed by atoms with Crippen LogP contribution in [-0.4, -0.2) is 36.4 Å². The maximum atomic E-state index is 13.0. The molecule has 0 aliphatic carbocycles. The van der Waals surface area contributed by atoms with Gasteiger partial charge in [-0.25, -0.2) is 4.98 Å². The number of fused-ring (bicyclic) bond motifs is 1. The van der Waals surface area contributed by atoms with Crippen molar-refractivity contribution in [2.75, 3.05) is 10.6 Å². The molecule has 0 saturated carbocycles. The van der Waals surface area contributed by atoms with Gasteiger partial charge in [0.25, 0.3) is 5.56 Å². The number of alkyl halides is 3. The second-order valence-corrected chi connectivity index (χ2v) is 7.59. The predicted molar refractivity (Wildman–Crippen MR) is 124 cm³/mol. The number of rotatable bonds is 7. The first kappa shape index (κ1) is 24.1. The van der Waals surface area contributed by atoms with Crippen LogP contribution in [-0.2, 0) is 17.9 Å². The number of halogens is 3. The van der Waals surface area contributed by atoms with Crippen molar-refractivity contribution < 1.29 is 18.0 Å². The van der Waals surface area contributed by atoms with Crippen molar-refractivity contribution in [2.24, 2.45) is 0 Å². The van der Waals surface area contributed by atoms with E-state index in [0.29, 0.717) is 16.6 Å². The molecule has 36 heavy (non-hydrogen) atoms. The molecule has 182 valence electrons. The Hall–Kier alpha value is -4.99. The number of pyridine rings is 1. The number of nitriles is 1. The zero-order valence-electron chi connectivity index (χ0n) is 18.5.